The molecule has 1 N–H and O–H groups in total. The van der Waals surface area contributed by atoms with Crippen molar-refractivity contribution in [3.05, 3.63) is 71.5 Å². The Kier molecular flexibility index (Phi) is 5.28. The summed E-state index contributed by atoms with van der Waals surface area (Å²) in [6.07, 6.45) is 0.827. The van der Waals surface area contributed by atoms with Gasteiger partial charge in [0.1, 0.15) is 5.82 Å². The van der Waals surface area contributed by atoms with E-state index in [2.05, 4.69) is 11.4 Å². The molecule has 2 aromatic carbocycles. The Labute approximate surface area is 118 Å². The summed E-state index contributed by atoms with van der Waals surface area (Å²) in [5.41, 5.74) is 2.12. The van der Waals surface area contributed by atoms with E-state index in [1.165, 1.54) is 12.1 Å². The summed E-state index contributed by atoms with van der Waals surface area (Å²) in [5.74, 6) is -0.347. The number of hydrogen-bond donors (Lipinski definition) is 1. The number of rotatable bonds is 6. The Morgan fingerprint density at radius 3 is 2.40 bits per heavy atom. The highest BCUT2D eigenvalue weighted by molar-refractivity contribution is 5.25. The lowest BCUT2D eigenvalue weighted by Crippen LogP contribution is -2.23. The molecule has 0 bridgehead atoms. The molecule has 2 aromatic rings. The molecule has 0 heterocycles. The van der Waals surface area contributed by atoms with Crippen LogP contribution in [0, 0.1) is 17.1 Å². The van der Waals surface area contributed by atoms with Gasteiger partial charge in [-0.15, -0.1) is 0 Å². The van der Waals surface area contributed by atoms with Gasteiger partial charge in [-0.1, -0.05) is 42.5 Å². The molecule has 0 radical (unpaired) electrons. The van der Waals surface area contributed by atoms with Crippen molar-refractivity contribution in [3.63, 3.8) is 0 Å². The molecule has 0 amide bonds. The van der Waals surface area contributed by atoms with Crippen molar-refractivity contribution in [2.75, 3.05) is 13.1 Å². The van der Waals surface area contributed by atoms with Crippen LogP contribution in [0.25, 0.3) is 0 Å². The highest BCUT2D eigenvalue weighted by atomic mass is 19.1. The number of halogens is 1. The normalized spacial score (nSPS) is 11.8. The summed E-state index contributed by atoms with van der Waals surface area (Å²) in [4.78, 5) is 0. The first kappa shape index (κ1) is 14.2. The van der Waals surface area contributed by atoms with Crippen LogP contribution in [-0.2, 0) is 6.42 Å². The molecular formula is C17H17FN2. The van der Waals surface area contributed by atoms with Crippen LogP contribution in [0.5, 0.6) is 0 Å². The van der Waals surface area contributed by atoms with E-state index in [0.29, 0.717) is 6.54 Å². The van der Waals surface area contributed by atoms with Crippen LogP contribution < -0.4 is 5.32 Å². The Morgan fingerprint density at radius 2 is 1.75 bits per heavy atom. The lowest BCUT2D eigenvalue weighted by molar-refractivity contribution is 0.624. The van der Waals surface area contributed by atoms with Crippen LogP contribution in [0.2, 0.25) is 0 Å². The van der Waals surface area contributed by atoms with E-state index in [0.717, 1.165) is 24.1 Å². The van der Waals surface area contributed by atoms with E-state index >= 15 is 0 Å². The van der Waals surface area contributed by atoms with E-state index < -0.39 is 0 Å². The number of benzene rings is 2. The van der Waals surface area contributed by atoms with E-state index in [1.807, 2.05) is 30.3 Å². The molecule has 0 saturated carbocycles. The molecule has 3 heteroatoms. The van der Waals surface area contributed by atoms with Gasteiger partial charge in [0.15, 0.2) is 0 Å². The summed E-state index contributed by atoms with van der Waals surface area (Å²) < 4.78 is 12.8. The highest BCUT2D eigenvalue weighted by Crippen LogP contribution is 2.13. The van der Waals surface area contributed by atoms with E-state index in [4.69, 9.17) is 0 Å². The average molecular weight is 268 g/mol. The predicted molar refractivity (Wildman–Crippen MR) is 77.8 cm³/mol. The molecule has 1 atom stereocenters. The monoisotopic (exact) mass is 268 g/mol. The first-order valence-electron chi connectivity index (χ1n) is 6.69. The molecule has 0 fully saturated rings. The third-order valence-corrected chi connectivity index (χ3v) is 3.21. The summed E-state index contributed by atoms with van der Waals surface area (Å²) in [7, 11) is 0. The van der Waals surface area contributed by atoms with Gasteiger partial charge in [0.25, 0.3) is 0 Å². The Balaban J connectivity index is 1.78. The van der Waals surface area contributed by atoms with Gasteiger partial charge < -0.3 is 5.32 Å². The van der Waals surface area contributed by atoms with Gasteiger partial charge in [0, 0.05) is 6.54 Å². The van der Waals surface area contributed by atoms with Crippen LogP contribution in [0.4, 0.5) is 4.39 Å². The zero-order chi connectivity index (χ0) is 14.2. The zero-order valence-electron chi connectivity index (χ0n) is 11.2. The fraction of sp³-hybridized carbons (Fsp3) is 0.235. The molecule has 0 aliphatic heterocycles. The molecule has 0 aliphatic carbocycles. The molecule has 1 unspecified atom stereocenters. The van der Waals surface area contributed by atoms with Gasteiger partial charge in [0.2, 0.25) is 0 Å². The van der Waals surface area contributed by atoms with Gasteiger partial charge in [-0.05, 0) is 36.2 Å². The topological polar surface area (TPSA) is 35.8 Å². The van der Waals surface area contributed by atoms with Crippen molar-refractivity contribution in [1.82, 2.24) is 5.32 Å². The van der Waals surface area contributed by atoms with Gasteiger partial charge in [-0.2, -0.15) is 5.26 Å². The van der Waals surface area contributed by atoms with Crippen molar-refractivity contribution in [2.45, 2.75) is 12.3 Å². The maximum atomic E-state index is 12.8. The molecule has 0 aromatic heterocycles. The number of hydrogen-bond acceptors (Lipinski definition) is 2. The Bertz CT molecular complexity index is 558. The number of nitrogens with zero attached hydrogens (tertiary/aromatic N) is 1. The summed E-state index contributed by atoms with van der Waals surface area (Å²) in [5, 5.41) is 12.5. The van der Waals surface area contributed by atoms with Crippen LogP contribution in [0.15, 0.2) is 54.6 Å². The van der Waals surface area contributed by atoms with E-state index in [1.54, 1.807) is 12.1 Å². The zero-order valence-corrected chi connectivity index (χ0v) is 11.2. The third kappa shape index (κ3) is 4.18. The van der Waals surface area contributed by atoms with Gasteiger partial charge >= 0.3 is 0 Å². The SMILES string of the molecule is N#CC(CNCCc1ccc(F)cc1)c1ccccc1. The molecular weight excluding hydrogens is 251 g/mol. The molecule has 20 heavy (non-hydrogen) atoms. The maximum absolute atomic E-state index is 12.8. The number of nitrogens with one attached hydrogen (secondary N) is 1. The molecule has 0 spiro atoms. The molecule has 2 rings (SSSR count). The van der Waals surface area contributed by atoms with Crippen molar-refractivity contribution >= 4 is 0 Å². The van der Waals surface area contributed by atoms with Gasteiger partial charge in [-0.3, -0.25) is 0 Å². The van der Waals surface area contributed by atoms with Gasteiger partial charge in [0.05, 0.1) is 12.0 Å². The van der Waals surface area contributed by atoms with E-state index in [9.17, 15) is 9.65 Å². The fourth-order valence-electron chi connectivity index (χ4n) is 2.05. The second-order valence-corrected chi connectivity index (χ2v) is 4.67. The Morgan fingerprint density at radius 1 is 1.05 bits per heavy atom. The van der Waals surface area contributed by atoms with Crippen LogP contribution in [0.3, 0.4) is 0 Å². The van der Waals surface area contributed by atoms with Crippen molar-refractivity contribution in [2.24, 2.45) is 0 Å². The summed E-state index contributed by atoms with van der Waals surface area (Å²) in [6, 6.07) is 18.6. The number of nitriles is 1. The summed E-state index contributed by atoms with van der Waals surface area (Å²) >= 11 is 0. The smallest absolute Gasteiger partial charge is 0.123 e. The standard InChI is InChI=1S/C17H17FN2/c18-17-8-6-14(7-9-17)10-11-20-13-16(12-19)15-4-2-1-3-5-15/h1-9,16,20H,10-11,13H2. The summed E-state index contributed by atoms with van der Waals surface area (Å²) in [6.45, 7) is 1.40. The first-order valence-corrected chi connectivity index (χ1v) is 6.69. The molecule has 0 saturated heterocycles. The minimum atomic E-state index is -0.213. The third-order valence-electron chi connectivity index (χ3n) is 3.21. The molecule has 102 valence electrons. The Hall–Kier alpha value is -2.18. The second kappa shape index (κ2) is 7.42. The average Bonchev–Trinajstić information content (AvgIpc) is 2.50. The minimum Gasteiger partial charge on any atom is -0.315 e. The van der Waals surface area contributed by atoms with Crippen LogP contribution >= 0.6 is 0 Å². The van der Waals surface area contributed by atoms with Crippen LogP contribution in [-0.4, -0.2) is 13.1 Å². The largest absolute Gasteiger partial charge is 0.315 e. The fourth-order valence-corrected chi connectivity index (χ4v) is 2.05. The van der Waals surface area contributed by atoms with Crippen molar-refractivity contribution in [3.8, 4) is 6.07 Å². The lowest BCUT2D eigenvalue weighted by Gasteiger charge is -2.10. The maximum Gasteiger partial charge on any atom is 0.123 e. The molecule has 0 aliphatic rings. The lowest BCUT2D eigenvalue weighted by atomic mass is 10.0. The molecule has 2 nitrogen and oxygen atoms in total. The highest BCUT2D eigenvalue weighted by Gasteiger charge is 2.08. The van der Waals surface area contributed by atoms with Gasteiger partial charge in [-0.25, -0.2) is 4.39 Å². The van der Waals surface area contributed by atoms with Crippen molar-refractivity contribution < 1.29 is 4.39 Å². The minimum absolute atomic E-state index is 0.135. The first-order chi connectivity index (χ1) is 9.79. The predicted octanol–water partition coefficient (Wildman–Crippen LogP) is 3.27. The van der Waals surface area contributed by atoms with Crippen molar-refractivity contribution in [1.29, 1.82) is 5.26 Å². The van der Waals surface area contributed by atoms with E-state index in [-0.39, 0.29) is 11.7 Å². The van der Waals surface area contributed by atoms with Crippen LogP contribution in [0.1, 0.15) is 17.0 Å². The quantitative estimate of drug-likeness (QED) is 0.816. The second-order valence-electron chi connectivity index (χ2n) is 4.67.